The Morgan fingerprint density at radius 3 is 2.81 bits per heavy atom. The molecular formula is C21H27NO5. The third-order valence-electron chi connectivity index (χ3n) is 4.36. The third kappa shape index (κ3) is 7.76. The minimum Gasteiger partial charge on any atom is -0.480 e. The van der Waals surface area contributed by atoms with E-state index < -0.39 is 12.1 Å². The molecule has 6 heteroatoms. The molecule has 146 valence electrons. The average Bonchev–Trinajstić information content (AvgIpc) is 2.65. The molecule has 1 aliphatic heterocycles. The minimum atomic E-state index is -1.01. The molecule has 1 aliphatic rings. The lowest BCUT2D eigenvalue weighted by Crippen LogP contribution is -2.42. The first-order chi connectivity index (χ1) is 13.1. The van der Waals surface area contributed by atoms with Crippen molar-refractivity contribution in [1.29, 1.82) is 0 Å². The predicted octanol–water partition coefficient (Wildman–Crippen LogP) is 2.18. The van der Waals surface area contributed by atoms with Gasteiger partial charge in [0.05, 0.1) is 18.8 Å². The van der Waals surface area contributed by atoms with Crippen LogP contribution in [-0.4, -0.2) is 58.9 Å². The van der Waals surface area contributed by atoms with E-state index in [4.69, 9.17) is 9.84 Å². The highest BCUT2D eigenvalue weighted by atomic mass is 16.5. The molecule has 1 aromatic rings. The van der Waals surface area contributed by atoms with Gasteiger partial charge in [-0.2, -0.15) is 0 Å². The molecule has 1 fully saturated rings. The molecule has 1 unspecified atom stereocenters. The fraction of sp³-hybridized carbons (Fsp3) is 0.429. The highest BCUT2D eigenvalue weighted by Gasteiger charge is 2.25. The summed E-state index contributed by atoms with van der Waals surface area (Å²) in [5.41, 5.74) is 1.07. The van der Waals surface area contributed by atoms with E-state index in [1.54, 1.807) is 17.1 Å². The zero-order valence-electron chi connectivity index (χ0n) is 15.4. The molecule has 1 amide bonds. The summed E-state index contributed by atoms with van der Waals surface area (Å²) in [5, 5.41) is 18.7. The number of hydrogen-bond donors (Lipinski definition) is 2. The minimum absolute atomic E-state index is 0.0405. The van der Waals surface area contributed by atoms with Gasteiger partial charge in [0.15, 0.2) is 0 Å². The summed E-state index contributed by atoms with van der Waals surface area (Å²) in [6, 6.07) is 9.74. The second kappa shape index (κ2) is 11.3. The summed E-state index contributed by atoms with van der Waals surface area (Å²) in [6.07, 6.45) is 9.39. The van der Waals surface area contributed by atoms with Crippen LogP contribution in [0.2, 0.25) is 0 Å². The van der Waals surface area contributed by atoms with Gasteiger partial charge in [-0.1, -0.05) is 54.6 Å². The van der Waals surface area contributed by atoms with E-state index in [9.17, 15) is 14.7 Å². The molecule has 0 aromatic heterocycles. The number of amides is 1. The van der Waals surface area contributed by atoms with Crippen molar-refractivity contribution in [3.05, 3.63) is 60.2 Å². The van der Waals surface area contributed by atoms with E-state index in [0.29, 0.717) is 19.4 Å². The Hall–Kier alpha value is -2.44. The smallest absolute Gasteiger partial charge is 0.329 e. The Bertz CT molecular complexity index is 656. The van der Waals surface area contributed by atoms with Gasteiger partial charge in [-0.15, -0.1) is 0 Å². The summed E-state index contributed by atoms with van der Waals surface area (Å²) >= 11 is 0. The standard InChI is InChI=1S/C21H27NO5/c23-19(15-17-7-2-1-3-8-17)12-11-18-9-6-10-20(24)22(18)13-4-5-14-27-16-21(25)26/h1-5,7-8,11-12,18-19,23H,6,9-10,13-16H2,(H,25,26)/t18?,19-/m0/s1. The Kier molecular flexibility index (Phi) is 8.74. The highest BCUT2D eigenvalue weighted by Crippen LogP contribution is 2.19. The molecule has 1 heterocycles. The molecule has 2 atom stereocenters. The van der Waals surface area contributed by atoms with Gasteiger partial charge in [0, 0.05) is 19.4 Å². The van der Waals surface area contributed by atoms with Crippen molar-refractivity contribution in [2.75, 3.05) is 19.8 Å². The van der Waals surface area contributed by atoms with Crippen LogP contribution in [0, 0.1) is 0 Å². The summed E-state index contributed by atoms with van der Waals surface area (Å²) < 4.78 is 4.94. The van der Waals surface area contributed by atoms with Crippen molar-refractivity contribution in [2.45, 2.75) is 37.8 Å². The van der Waals surface area contributed by atoms with Crippen molar-refractivity contribution < 1.29 is 24.5 Å². The van der Waals surface area contributed by atoms with Crippen LogP contribution < -0.4 is 0 Å². The van der Waals surface area contributed by atoms with Gasteiger partial charge >= 0.3 is 5.97 Å². The summed E-state index contributed by atoms with van der Waals surface area (Å²) in [5.74, 6) is -0.918. The first kappa shape index (κ1) is 20.9. The van der Waals surface area contributed by atoms with Crippen molar-refractivity contribution in [3.63, 3.8) is 0 Å². The van der Waals surface area contributed by atoms with Crippen LogP contribution in [0.3, 0.4) is 0 Å². The summed E-state index contributed by atoms with van der Waals surface area (Å²) in [6.45, 7) is 0.307. The number of aliphatic hydroxyl groups is 1. The molecule has 2 N–H and O–H groups in total. The van der Waals surface area contributed by atoms with Crippen molar-refractivity contribution >= 4 is 11.9 Å². The van der Waals surface area contributed by atoms with Crippen LogP contribution in [-0.2, 0) is 20.7 Å². The van der Waals surface area contributed by atoms with Gasteiger partial charge in [0.25, 0.3) is 0 Å². The van der Waals surface area contributed by atoms with Crippen LogP contribution >= 0.6 is 0 Å². The monoisotopic (exact) mass is 373 g/mol. The lowest BCUT2D eigenvalue weighted by atomic mass is 9.99. The molecule has 6 nitrogen and oxygen atoms in total. The number of benzene rings is 1. The molecule has 0 spiro atoms. The summed E-state index contributed by atoms with van der Waals surface area (Å²) in [7, 11) is 0. The van der Waals surface area contributed by atoms with E-state index in [0.717, 1.165) is 18.4 Å². The Balaban J connectivity index is 1.85. The maximum Gasteiger partial charge on any atom is 0.329 e. The normalized spacial score (nSPS) is 19.1. The SMILES string of the molecule is O=C(O)COCC=CCN1C(=O)CCCC1C=C[C@H](O)Cc1ccccc1. The Morgan fingerprint density at radius 2 is 2.07 bits per heavy atom. The molecule has 1 saturated heterocycles. The molecule has 0 radical (unpaired) electrons. The number of aliphatic hydroxyl groups excluding tert-OH is 1. The van der Waals surface area contributed by atoms with Gasteiger partial charge in [-0.05, 0) is 18.4 Å². The fourth-order valence-electron chi connectivity index (χ4n) is 3.03. The van der Waals surface area contributed by atoms with Crippen LogP contribution in [0.25, 0.3) is 0 Å². The topological polar surface area (TPSA) is 87.1 Å². The van der Waals surface area contributed by atoms with E-state index >= 15 is 0 Å². The third-order valence-corrected chi connectivity index (χ3v) is 4.36. The number of aliphatic carboxylic acids is 1. The zero-order chi connectivity index (χ0) is 19.5. The molecule has 1 aromatic carbocycles. The number of carboxylic acid groups (broad SMARTS) is 1. The van der Waals surface area contributed by atoms with Crippen LogP contribution in [0.15, 0.2) is 54.6 Å². The van der Waals surface area contributed by atoms with E-state index in [2.05, 4.69) is 0 Å². The highest BCUT2D eigenvalue weighted by molar-refractivity contribution is 5.77. The van der Waals surface area contributed by atoms with Crippen molar-refractivity contribution in [3.8, 4) is 0 Å². The lowest BCUT2D eigenvalue weighted by Gasteiger charge is -2.33. The number of rotatable bonds is 10. The number of carbonyl (C=O) groups is 2. The quantitative estimate of drug-likeness (QED) is 0.485. The molecular weight excluding hydrogens is 346 g/mol. The van der Waals surface area contributed by atoms with Gasteiger partial charge in [-0.25, -0.2) is 4.79 Å². The second-order valence-electron chi connectivity index (χ2n) is 6.53. The molecule has 0 aliphatic carbocycles. The predicted molar refractivity (Wildman–Crippen MR) is 102 cm³/mol. The van der Waals surface area contributed by atoms with Gasteiger partial charge < -0.3 is 19.8 Å². The number of ether oxygens (including phenoxy) is 1. The Morgan fingerprint density at radius 1 is 1.30 bits per heavy atom. The van der Waals surface area contributed by atoms with Crippen molar-refractivity contribution in [2.24, 2.45) is 0 Å². The van der Waals surface area contributed by atoms with Crippen LogP contribution in [0.4, 0.5) is 0 Å². The first-order valence-electron chi connectivity index (χ1n) is 9.20. The van der Waals surface area contributed by atoms with Gasteiger partial charge in [0.2, 0.25) is 5.91 Å². The fourth-order valence-corrected chi connectivity index (χ4v) is 3.03. The maximum absolute atomic E-state index is 12.2. The summed E-state index contributed by atoms with van der Waals surface area (Å²) in [4.78, 5) is 24.4. The van der Waals surface area contributed by atoms with Crippen molar-refractivity contribution in [1.82, 2.24) is 4.90 Å². The molecule has 27 heavy (non-hydrogen) atoms. The molecule has 0 bridgehead atoms. The lowest BCUT2D eigenvalue weighted by molar-refractivity contribution is -0.141. The van der Waals surface area contributed by atoms with Crippen LogP contribution in [0.1, 0.15) is 24.8 Å². The van der Waals surface area contributed by atoms with Gasteiger partial charge in [-0.3, -0.25) is 4.79 Å². The van der Waals surface area contributed by atoms with Gasteiger partial charge in [0.1, 0.15) is 6.61 Å². The number of carbonyl (C=O) groups excluding carboxylic acids is 1. The largest absolute Gasteiger partial charge is 0.480 e. The van der Waals surface area contributed by atoms with E-state index in [-0.39, 0.29) is 25.2 Å². The molecule has 2 rings (SSSR count). The number of nitrogens with zero attached hydrogens (tertiary/aromatic N) is 1. The zero-order valence-corrected chi connectivity index (χ0v) is 15.4. The second-order valence-corrected chi connectivity index (χ2v) is 6.53. The number of carboxylic acids is 1. The first-order valence-corrected chi connectivity index (χ1v) is 9.20. The Labute approximate surface area is 159 Å². The van der Waals surface area contributed by atoms with Crippen LogP contribution in [0.5, 0.6) is 0 Å². The maximum atomic E-state index is 12.2. The number of piperidine rings is 1. The van der Waals surface area contributed by atoms with E-state index in [1.165, 1.54) is 0 Å². The molecule has 0 saturated carbocycles. The van der Waals surface area contributed by atoms with E-state index in [1.807, 2.05) is 42.5 Å². The number of likely N-dealkylation sites (tertiary alicyclic amines) is 1. The average molecular weight is 373 g/mol. The number of hydrogen-bond acceptors (Lipinski definition) is 4.